The Kier molecular flexibility index (Phi) is 4.14. The van der Waals surface area contributed by atoms with Crippen molar-refractivity contribution >= 4 is 0 Å². The molecular weight excluding hydrogens is 245 g/mol. The number of ether oxygens (including phenoxy) is 1. The van der Waals surface area contributed by atoms with E-state index in [0.717, 1.165) is 5.56 Å². The molecule has 0 heterocycles. The summed E-state index contributed by atoms with van der Waals surface area (Å²) in [5, 5.41) is 10.2. The van der Waals surface area contributed by atoms with Gasteiger partial charge in [0.1, 0.15) is 0 Å². The normalized spacial score (nSPS) is 13.9. The Morgan fingerprint density at radius 1 is 1.11 bits per heavy atom. The summed E-state index contributed by atoms with van der Waals surface area (Å²) in [7, 11) is 1.39. The van der Waals surface area contributed by atoms with Gasteiger partial charge in [0.05, 0.1) is 19.3 Å². The number of benzene rings is 2. The largest absolute Gasteiger partial charge is 0.494 e. The maximum absolute atomic E-state index is 13.6. The molecular formula is C15H16FNO2. The standard InChI is InChI=1S/C15H16FNO2/c1-19-13-8-7-11(9-12(13)16)15(18)14(17)10-5-3-2-4-6-10/h2-9,14-15,18H,17H2,1H3. The monoisotopic (exact) mass is 261 g/mol. The third-order valence-electron chi connectivity index (χ3n) is 3.04. The van der Waals surface area contributed by atoms with Gasteiger partial charge in [-0.05, 0) is 23.3 Å². The Hall–Kier alpha value is -1.91. The Morgan fingerprint density at radius 2 is 1.79 bits per heavy atom. The van der Waals surface area contributed by atoms with Gasteiger partial charge in [-0.2, -0.15) is 0 Å². The van der Waals surface area contributed by atoms with E-state index in [4.69, 9.17) is 10.5 Å². The molecule has 0 aliphatic rings. The van der Waals surface area contributed by atoms with Crippen LogP contribution >= 0.6 is 0 Å². The Labute approximate surface area is 111 Å². The van der Waals surface area contributed by atoms with E-state index in [2.05, 4.69) is 0 Å². The van der Waals surface area contributed by atoms with Crippen molar-refractivity contribution in [2.75, 3.05) is 7.11 Å². The molecule has 3 N–H and O–H groups in total. The van der Waals surface area contributed by atoms with E-state index in [1.54, 1.807) is 6.07 Å². The molecule has 0 aromatic heterocycles. The van der Waals surface area contributed by atoms with Crippen LogP contribution in [0.5, 0.6) is 5.75 Å². The van der Waals surface area contributed by atoms with Gasteiger partial charge in [0, 0.05) is 0 Å². The van der Waals surface area contributed by atoms with E-state index in [1.165, 1.54) is 19.2 Å². The summed E-state index contributed by atoms with van der Waals surface area (Å²) in [6.45, 7) is 0. The number of halogens is 1. The second-order valence-electron chi connectivity index (χ2n) is 4.28. The van der Waals surface area contributed by atoms with Crippen molar-refractivity contribution < 1.29 is 14.2 Å². The third-order valence-corrected chi connectivity index (χ3v) is 3.04. The first-order chi connectivity index (χ1) is 9.13. The highest BCUT2D eigenvalue weighted by Gasteiger charge is 2.19. The summed E-state index contributed by atoms with van der Waals surface area (Å²) in [5.74, 6) is -0.372. The highest BCUT2D eigenvalue weighted by Crippen LogP contribution is 2.29. The molecule has 0 fully saturated rings. The van der Waals surface area contributed by atoms with Crippen molar-refractivity contribution in [2.45, 2.75) is 12.1 Å². The first kappa shape index (κ1) is 13.5. The van der Waals surface area contributed by atoms with E-state index in [-0.39, 0.29) is 5.75 Å². The van der Waals surface area contributed by atoms with Gasteiger partial charge in [-0.1, -0.05) is 36.4 Å². The first-order valence-corrected chi connectivity index (χ1v) is 5.95. The zero-order valence-corrected chi connectivity index (χ0v) is 10.6. The van der Waals surface area contributed by atoms with Crippen molar-refractivity contribution in [2.24, 2.45) is 5.73 Å². The molecule has 4 heteroatoms. The van der Waals surface area contributed by atoms with Crippen LogP contribution in [0.4, 0.5) is 4.39 Å². The van der Waals surface area contributed by atoms with Crippen LogP contribution in [-0.2, 0) is 0 Å². The summed E-state index contributed by atoms with van der Waals surface area (Å²) in [5.41, 5.74) is 7.21. The van der Waals surface area contributed by atoms with Crippen LogP contribution in [0.15, 0.2) is 48.5 Å². The predicted octanol–water partition coefficient (Wildman–Crippen LogP) is 2.57. The Balaban J connectivity index is 2.24. The minimum absolute atomic E-state index is 0.143. The third kappa shape index (κ3) is 2.92. The number of nitrogens with two attached hydrogens (primary N) is 1. The van der Waals surface area contributed by atoms with Crippen LogP contribution in [0.1, 0.15) is 23.3 Å². The Bertz CT molecular complexity index is 545. The van der Waals surface area contributed by atoms with E-state index >= 15 is 0 Å². The van der Waals surface area contributed by atoms with Crippen LogP contribution in [-0.4, -0.2) is 12.2 Å². The molecule has 2 atom stereocenters. The molecule has 2 aromatic rings. The topological polar surface area (TPSA) is 55.5 Å². The molecule has 2 unspecified atom stereocenters. The van der Waals surface area contributed by atoms with Gasteiger partial charge in [0.15, 0.2) is 11.6 Å². The van der Waals surface area contributed by atoms with Gasteiger partial charge in [-0.3, -0.25) is 0 Å². The lowest BCUT2D eigenvalue weighted by Crippen LogP contribution is -2.19. The zero-order valence-electron chi connectivity index (χ0n) is 10.6. The molecule has 0 amide bonds. The summed E-state index contributed by atoms with van der Waals surface area (Å²) in [6.07, 6.45) is -0.970. The minimum atomic E-state index is -0.970. The van der Waals surface area contributed by atoms with Crippen molar-refractivity contribution in [3.63, 3.8) is 0 Å². The molecule has 0 saturated heterocycles. The summed E-state index contributed by atoms with van der Waals surface area (Å²) in [4.78, 5) is 0. The maximum atomic E-state index is 13.6. The van der Waals surface area contributed by atoms with Gasteiger partial charge in [-0.15, -0.1) is 0 Å². The second-order valence-corrected chi connectivity index (χ2v) is 4.28. The van der Waals surface area contributed by atoms with Gasteiger partial charge in [0.2, 0.25) is 0 Å². The van der Waals surface area contributed by atoms with Gasteiger partial charge in [0.25, 0.3) is 0 Å². The van der Waals surface area contributed by atoms with E-state index < -0.39 is 18.0 Å². The summed E-state index contributed by atoms with van der Waals surface area (Å²) in [6, 6.07) is 12.9. The fraction of sp³-hybridized carbons (Fsp3) is 0.200. The van der Waals surface area contributed by atoms with Gasteiger partial charge in [-0.25, -0.2) is 4.39 Å². The quantitative estimate of drug-likeness (QED) is 0.889. The summed E-state index contributed by atoms with van der Waals surface area (Å²) >= 11 is 0. The van der Waals surface area contributed by atoms with Crippen molar-refractivity contribution in [3.8, 4) is 5.75 Å². The van der Waals surface area contributed by atoms with Gasteiger partial charge < -0.3 is 15.6 Å². The van der Waals surface area contributed by atoms with E-state index in [0.29, 0.717) is 5.56 Å². The molecule has 2 aromatic carbocycles. The average molecular weight is 261 g/mol. The number of rotatable bonds is 4. The molecule has 0 spiro atoms. The van der Waals surface area contributed by atoms with Crippen LogP contribution in [0, 0.1) is 5.82 Å². The molecule has 0 radical (unpaired) electrons. The fourth-order valence-electron chi connectivity index (χ4n) is 1.93. The number of methoxy groups -OCH3 is 1. The van der Waals surface area contributed by atoms with Crippen molar-refractivity contribution in [1.29, 1.82) is 0 Å². The van der Waals surface area contributed by atoms with Gasteiger partial charge >= 0.3 is 0 Å². The lowest BCUT2D eigenvalue weighted by Gasteiger charge is -2.20. The molecule has 100 valence electrons. The molecule has 3 nitrogen and oxygen atoms in total. The zero-order chi connectivity index (χ0) is 13.8. The van der Waals surface area contributed by atoms with E-state index in [1.807, 2.05) is 30.3 Å². The molecule has 2 rings (SSSR count). The number of hydrogen-bond acceptors (Lipinski definition) is 3. The lowest BCUT2D eigenvalue weighted by molar-refractivity contribution is 0.146. The van der Waals surface area contributed by atoms with Crippen molar-refractivity contribution in [1.82, 2.24) is 0 Å². The van der Waals surface area contributed by atoms with E-state index in [9.17, 15) is 9.50 Å². The highest BCUT2D eigenvalue weighted by atomic mass is 19.1. The molecule has 0 saturated carbocycles. The highest BCUT2D eigenvalue weighted by molar-refractivity contribution is 5.32. The minimum Gasteiger partial charge on any atom is -0.494 e. The number of aliphatic hydroxyl groups is 1. The predicted molar refractivity (Wildman–Crippen MR) is 71.3 cm³/mol. The van der Waals surface area contributed by atoms with Crippen LogP contribution in [0.3, 0.4) is 0 Å². The second kappa shape index (κ2) is 5.82. The molecule has 0 aliphatic carbocycles. The maximum Gasteiger partial charge on any atom is 0.165 e. The molecule has 0 bridgehead atoms. The summed E-state index contributed by atoms with van der Waals surface area (Å²) < 4.78 is 18.4. The molecule has 0 aliphatic heterocycles. The van der Waals surface area contributed by atoms with Crippen LogP contribution in [0.25, 0.3) is 0 Å². The SMILES string of the molecule is COc1ccc(C(O)C(N)c2ccccc2)cc1F. The van der Waals surface area contributed by atoms with Crippen LogP contribution in [0.2, 0.25) is 0 Å². The number of aliphatic hydroxyl groups excluding tert-OH is 1. The number of hydrogen-bond donors (Lipinski definition) is 2. The van der Waals surface area contributed by atoms with Crippen molar-refractivity contribution in [3.05, 3.63) is 65.5 Å². The fourth-order valence-corrected chi connectivity index (χ4v) is 1.93. The average Bonchev–Trinajstić information content (AvgIpc) is 2.46. The smallest absolute Gasteiger partial charge is 0.165 e. The molecule has 19 heavy (non-hydrogen) atoms. The Morgan fingerprint density at radius 3 is 2.37 bits per heavy atom. The lowest BCUT2D eigenvalue weighted by atomic mass is 9.96. The van der Waals surface area contributed by atoms with Crippen LogP contribution < -0.4 is 10.5 Å². The first-order valence-electron chi connectivity index (χ1n) is 5.95.